The van der Waals surface area contributed by atoms with Crippen LogP contribution < -0.4 is 4.72 Å². The van der Waals surface area contributed by atoms with Gasteiger partial charge in [-0.15, -0.1) is 0 Å². The van der Waals surface area contributed by atoms with Gasteiger partial charge in [-0.25, -0.2) is 22.9 Å². The van der Waals surface area contributed by atoms with Gasteiger partial charge in [-0.05, 0) is 18.1 Å². The minimum atomic E-state index is -3.65. The molecule has 0 unspecified atom stereocenters. The van der Waals surface area contributed by atoms with E-state index in [4.69, 9.17) is 5.11 Å². The van der Waals surface area contributed by atoms with E-state index in [1.54, 1.807) is 0 Å². The molecule has 0 amide bonds. The zero-order valence-electron chi connectivity index (χ0n) is 9.54. The lowest BCUT2D eigenvalue weighted by Gasteiger charge is -2.07. The first-order valence-corrected chi connectivity index (χ1v) is 6.50. The molecule has 0 aromatic carbocycles. The number of nitrogens with zero attached hydrogens (tertiary/aromatic N) is 1. The summed E-state index contributed by atoms with van der Waals surface area (Å²) in [5.41, 5.74) is -0.0483. The summed E-state index contributed by atoms with van der Waals surface area (Å²) in [4.78, 5) is 14.2. The van der Waals surface area contributed by atoms with E-state index in [-0.39, 0.29) is 16.5 Å². The number of rotatable bonds is 5. The Bertz CT molecular complexity index is 494. The molecule has 0 spiro atoms. The van der Waals surface area contributed by atoms with Crippen LogP contribution in [0.5, 0.6) is 0 Å². The average Bonchev–Trinajstić information content (AvgIpc) is 2.27. The minimum absolute atomic E-state index is 0.0483. The summed E-state index contributed by atoms with van der Waals surface area (Å²) < 4.78 is 25.8. The number of hydrogen-bond donors (Lipinski definition) is 2. The van der Waals surface area contributed by atoms with E-state index in [1.807, 2.05) is 13.8 Å². The number of carboxylic acids is 1. The van der Waals surface area contributed by atoms with Gasteiger partial charge in [0.1, 0.15) is 0 Å². The molecule has 2 N–H and O–H groups in total. The van der Waals surface area contributed by atoms with Crippen LogP contribution in [0.3, 0.4) is 0 Å². The van der Waals surface area contributed by atoms with E-state index in [0.717, 1.165) is 6.20 Å². The van der Waals surface area contributed by atoms with Crippen molar-refractivity contribution in [1.29, 1.82) is 0 Å². The maximum Gasteiger partial charge on any atom is 0.337 e. The van der Waals surface area contributed by atoms with Gasteiger partial charge in [-0.1, -0.05) is 13.8 Å². The Balaban J connectivity index is 2.89. The van der Waals surface area contributed by atoms with Crippen LogP contribution in [0.15, 0.2) is 23.4 Å². The number of sulfonamides is 1. The molecule has 0 aliphatic heterocycles. The van der Waals surface area contributed by atoms with Crippen molar-refractivity contribution in [3.63, 3.8) is 0 Å². The van der Waals surface area contributed by atoms with Crippen molar-refractivity contribution in [2.45, 2.75) is 18.9 Å². The number of nitrogens with one attached hydrogen (secondary N) is 1. The summed E-state index contributed by atoms with van der Waals surface area (Å²) in [7, 11) is -3.65. The summed E-state index contributed by atoms with van der Waals surface area (Å²) in [6.45, 7) is 4.07. The third-order valence-corrected chi connectivity index (χ3v) is 3.28. The van der Waals surface area contributed by atoms with Crippen LogP contribution in [0.25, 0.3) is 0 Å². The van der Waals surface area contributed by atoms with Crippen molar-refractivity contribution in [1.82, 2.24) is 9.71 Å². The number of aromatic carboxylic acids is 1. The molecule has 6 nitrogen and oxygen atoms in total. The van der Waals surface area contributed by atoms with Gasteiger partial charge in [0.25, 0.3) is 10.0 Å². The molecule has 0 saturated heterocycles. The van der Waals surface area contributed by atoms with Gasteiger partial charge in [-0.2, -0.15) is 0 Å². The molecule has 0 bridgehead atoms. The average molecular weight is 258 g/mol. The van der Waals surface area contributed by atoms with E-state index in [9.17, 15) is 13.2 Å². The molecule has 0 aliphatic carbocycles. The molecular weight excluding hydrogens is 244 g/mol. The monoisotopic (exact) mass is 258 g/mol. The first-order chi connectivity index (χ1) is 7.83. The fraction of sp³-hybridized carbons (Fsp3) is 0.400. The highest BCUT2D eigenvalue weighted by molar-refractivity contribution is 7.89. The number of pyridine rings is 1. The minimum Gasteiger partial charge on any atom is -0.478 e. The van der Waals surface area contributed by atoms with Crippen molar-refractivity contribution in [2.75, 3.05) is 6.54 Å². The summed E-state index contributed by atoms with van der Waals surface area (Å²) in [5, 5.41) is 8.47. The number of carbonyl (C=O) groups is 1. The fourth-order valence-corrected chi connectivity index (χ4v) is 2.16. The lowest BCUT2D eigenvalue weighted by Crippen LogP contribution is -2.28. The van der Waals surface area contributed by atoms with Crippen LogP contribution in [0.1, 0.15) is 24.2 Å². The standard InChI is InChI=1S/C10H14N2O4S/c1-7(2)5-12-17(15,16)9-4-3-8(6-11-9)10(13)14/h3-4,6-7,12H,5H2,1-2H3,(H,13,14). The van der Waals surface area contributed by atoms with Gasteiger partial charge < -0.3 is 5.11 Å². The third kappa shape index (κ3) is 3.79. The van der Waals surface area contributed by atoms with E-state index < -0.39 is 16.0 Å². The second-order valence-electron chi connectivity index (χ2n) is 3.94. The molecule has 7 heteroatoms. The van der Waals surface area contributed by atoms with Gasteiger partial charge >= 0.3 is 5.97 Å². The Morgan fingerprint density at radius 3 is 2.53 bits per heavy atom. The molecule has 94 valence electrons. The lowest BCUT2D eigenvalue weighted by atomic mass is 10.2. The van der Waals surface area contributed by atoms with Crippen molar-refractivity contribution in [2.24, 2.45) is 5.92 Å². The zero-order chi connectivity index (χ0) is 13.1. The lowest BCUT2D eigenvalue weighted by molar-refractivity contribution is 0.0696. The molecule has 0 aliphatic rings. The molecule has 1 rings (SSSR count). The maximum absolute atomic E-state index is 11.7. The van der Waals surface area contributed by atoms with E-state index in [2.05, 4.69) is 9.71 Å². The summed E-state index contributed by atoms with van der Waals surface area (Å²) in [6, 6.07) is 2.38. The van der Waals surface area contributed by atoms with Gasteiger partial charge in [0.05, 0.1) is 5.56 Å². The van der Waals surface area contributed by atoms with E-state index >= 15 is 0 Å². The molecule has 0 radical (unpaired) electrons. The van der Waals surface area contributed by atoms with Crippen LogP contribution in [0.4, 0.5) is 0 Å². The Hall–Kier alpha value is -1.47. The van der Waals surface area contributed by atoms with Crippen molar-refractivity contribution in [3.05, 3.63) is 23.9 Å². The highest BCUT2D eigenvalue weighted by Gasteiger charge is 2.16. The topological polar surface area (TPSA) is 96.4 Å². The highest BCUT2D eigenvalue weighted by Crippen LogP contribution is 2.07. The predicted molar refractivity (Wildman–Crippen MR) is 61.2 cm³/mol. The smallest absolute Gasteiger partial charge is 0.337 e. The van der Waals surface area contributed by atoms with Gasteiger partial charge in [-0.3, -0.25) is 0 Å². The number of hydrogen-bond acceptors (Lipinski definition) is 4. The molecule has 1 aromatic rings. The second kappa shape index (κ2) is 5.24. The fourth-order valence-electron chi connectivity index (χ4n) is 1.02. The van der Waals surface area contributed by atoms with Gasteiger partial charge in [0.2, 0.25) is 0 Å². The third-order valence-electron chi connectivity index (χ3n) is 1.94. The summed E-state index contributed by atoms with van der Waals surface area (Å²) >= 11 is 0. The zero-order valence-corrected chi connectivity index (χ0v) is 10.4. The first-order valence-electron chi connectivity index (χ1n) is 5.02. The Morgan fingerprint density at radius 1 is 1.47 bits per heavy atom. The van der Waals surface area contributed by atoms with Crippen LogP contribution in [-0.4, -0.2) is 31.0 Å². The molecule has 1 aromatic heterocycles. The molecular formula is C10H14N2O4S. The predicted octanol–water partition coefficient (Wildman–Crippen LogP) is 0.714. The van der Waals surface area contributed by atoms with E-state index in [0.29, 0.717) is 6.54 Å². The number of aromatic nitrogens is 1. The first kappa shape index (κ1) is 13.6. The van der Waals surface area contributed by atoms with Crippen LogP contribution in [0, 0.1) is 5.92 Å². The molecule has 0 fully saturated rings. The van der Waals surface area contributed by atoms with Crippen molar-refractivity contribution >= 4 is 16.0 Å². The van der Waals surface area contributed by atoms with Gasteiger partial charge in [0.15, 0.2) is 5.03 Å². The SMILES string of the molecule is CC(C)CNS(=O)(=O)c1ccc(C(=O)O)cn1. The second-order valence-corrected chi connectivity index (χ2v) is 5.65. The summed E-state index contributed by atoms with van der Waals surface area (Å²) in [6.07, 6.45) is 1.02. The van der Waals surface area contributed by atoms with E-state index in [1.165, 1.54) is 12.1 Å². The Labute approximate surface area is 99.7 Å². The molecule has 17 heavy (non-hydrogen) atoms. The molecule has 1 heterocycles. The van der Waals surface area contributed by atoms with Crippen LogP contribution in [0.2, 0.25) is 0 Å². The highest BCUT2D eigenvalue weighted by atomic mass is 32.2. The van der Waals surface area contributed by atoms with Crippen LogP contribution >= 0.6 is 0 Å². The Morgan fingerprint density at radius 2 is 2.12 bits per heavy atom. The van der Waals surface area contributed by atoms with Crippen LogP contribution in [-0.2, 0) is 10.0 Å². The quantitative estimate of drug-likeness (QED) is 0.811. The number of carboxylic acid groups (broad SMARTS) is 1. The van der Waals surface area contributed by atoms with Crippen molar-refractivity contribution < 1.29 is 18.3 Å². The van der Waals surface area contributed by atoms with Gasteiger partial charge in [0, 0.05) is 12.7 Å². The largest absolute Gasteiger partial charge is 0.478 e. The van der Waals surface area contributed by atoms with Crippen molar-refractivity contribution in [3.8, 4) is 0 Å². The maximum atomic E-state index is 11.7. The normalized spacial score (nSPS) is 11.7. The Kier molecular flexibility index (Phi) is 4.19. The summed E-state index contributed by atoms with van der Waals surface area (Å²) in [5.74, 6) is -0.959. The molecule has 0 atom stereocenters. The molecule has 0 saturated carbocycles.